The van der Waals surface area contributed by atoms with Crippen LogP contribution < -0.4 is 37.6 Å². The summed E-state index contributed by atoms with van der Waals surface area (Å²) >= 11 is 0. The van der Waals surface area contributed by atoms with Crippen molar-refractivity contribution in [2.45, 2.75) is 116 Å². The number of primary amides is 1. The Morgan fingerprint density at radius 1 is 0.845 bits per heavy atom. The van der Waals surface area contributed by atoms with Crippen molar-refractivity contribution in [2.75, 3.05) is 23.7 Å². The zero-order chi connectivity index (χ0) is 42.8. The summed E-state index contributed by atoms with van der Waals surface area (Å²) in [5.74, 6) is -5.97. The third-order valence-electron chi connectivity index (χ3n) is 10.0. The fourth-order valence-electron chi connectivity index (χ4n) is 6.46. The molecule has 3 rings (SSSR count). The highest BCUT2D eigenvalue weighted by Crippen LogP contribution is 2.21. The van der Waals surface area contributed by atoms with Crippen LogP contribution >= 0.6 is 0 Å². The van der Waals surface area contributed by atoms with Crippen molar-refractivity contribution in [3.05, 3.63) is 59.7 Å². The van der Waals surface area contributed by atoms with Crippen LogP contribution in [0.15, 0.2) is 48.5 Å². The lowest BCUT2D eigenvalue weighted by Gasteiger charge is -2.32. The zero-order valence-electron chi connectivity index (χ0n) is 33.7. The largest absolute Gasteiger partial charge is 0.481 e. The van der Waals surface area contributed by atoms with Crippen molar-refractivity contribution >= 4 is 58.8 Å². The van der Waals surface area contributed by atoms with Gasteiger partial charge < -0.3 is 47.6 Å². The van der Waals surface area contributed by atoms with Gasteiger partial charge in [-0.3, -0.25) is 33.6 Å². The van der Waals surface area contributed by atoms with Gasteiger partial charge in [0.1, 0.15) is 24.2 Å². The summed E-state index contributed by atoms with van der Waals surface area (Å²) < 4.78 is 0. The van der Waals surface area contributed by atoms with Gasteiger partial charge >= 0.3 is 12.0 Å². The number of likely N-dealkylation sites (tertiary alicyclic amines) is 1. The number of benzene rings is 2. The van der Waals surface area contributed by atoms with E-state index >= 15 is 0 Å². The number of unbranched alkanes of at least 4 members (excludes halogenated alkanes) is 3. The van der Waals surface area contributed by atoms with Crippen LogP contribution in [-0.4, -0.2) is 94.7 Å². The molecule has 1 aliphatic rings. The van der Waals surface area contributed by atoms with E-state index in [4.69, 9.17) is 5.73 Å². The molecule has 1 fully saturated rings. The van der Waals surface area contributed by atoms with Gasteiger partial charge in [0.05, 0.1) is 12.8 Å². The third kappa shape index (κ3) is 14.8. The van der Waals surface area contributed by atoms with Gasteiger partial charge in [-0.2, -0.15) is 0 Å². The highest BCUT2D eigenvalue weighted by Gasteiger charge is 2.39. The molecule has 0 aromatic heterocycles. The SMILES string of the molecule is CCCCCCC(=O)NC[C@H](NC(=O)Cc1ccc(NC(=O)Nc2ccccc2C)cc1)C(=O)N[C@@H](CC(=O)O)C(=O)N[C@H](C(=O)N1CCC[C@H]1C(N)=O)C(C)CC. The number of carboxylic acid groups (broad SMARTS) is 1. The molecule has 1 aliphatic heterocycles. The van der Waals surface area contributed by atoms with E-state index in [0.29, 0.717) is 42.6 Å². The number of aryl methyl sites for hydroxylation is 1. The first-order valence-electron chi connectivity index (χ1n) is 19.8. The second kappa shape index (κ2) is 23.3. The smallest absolute Gasteiger partial charge is 0.323 e. The van der Waals surface area contributed by atoms with Crippen LogP contribution in [0.1, 0.15) is 89.7 Å². The molecule has 5 atom stereocenters. The van der Waals surface area contributed by atoms with Crippen molar-refractivity contribution in [2.24, 2.45) is 11.7 Å². The molecule has 17 nitrogen and oxygen atoms in total. The summed E-state index contributed by atoms with van der Waals surface area (Å²) in [7, 11) is 0. The van der Waals surface area contributed by atoms with Gasteiger partial charge in [0.15, 0.2) is 0 Å². The zero-order valence-corrected chi connectivity index (χ0v) is 33.7. The van der Waals surface area contributed by atoms with E-state index in [1.807, 2.05) is 26.0 Å². The number of carbonyl (C=O) groups excluding carboxylic acids is 7. The van der Waals surface area contributed by atoms with Gasteiger partial charge in [0.25, 0.3) is 0 Å². The number of amides is 8. The molecule has 58 heavy (non-hydrogen) atoms. The van der Waals surface area contributed by atoms with Crippen LogP contribution in [0.4, 0.5) is 16.2 Å². The Hall–Kier alpha value is -6.00. The number of nitrogens with one attached hydrogen (secondary N) is 6. The third-order valence-corrected chi connectivity index (χ3v) is 10.0. The Labute approximate surface area is 339 Å². The number of nitrogens with two attached hydrogens (primary N) is 1. The molecule has 8 amide bonds. The average molecular weight is 807 g/mol. The highest BCUT2D eigenvalue weighted by molar-refractivity contribution is 6.00. The summed E-state index contributed by atoms with van der Waals surface area (Å²) in [5.41, 5.74) is 8.05. The van der Waals surface area contributed by atoms with Crippen LogP contribution in [0.2, 0.25) is 0 Å². The Morgan fingerprint density at radius 3 is 2.17 bits per heavy atom. The number of nitrogens with zero attached hydrogens (tertiary/aromatic N) is 1. The molecule has 316 valence electrons. The predicted octanol–water partition coefficient (Wildman–Crippen LogP) is 2.72. The molecular formula is C41H58N8O9. The number of carbonyl (C=O) groups is 8. The maximum Gasteiger partial charge on any atom is 0.323 e. The second-order valence-corrected chi connectivity index (χ2v) is 14.6. The van der Waals surface area contributed by atoms with Crippen LogP contribution in [0.5, 0.6) is 0 Å². The molecule has 17 heteroatoms. The predicted molar refractivity (Wildman–Crippen MR) is 217 cm³/mol. The molecular weight excluding hydrogens is 748 g/mol. The fourth-order valence-corrected chi connectivity index (χ4v) is 6.46. The van der Waals surface area contributed by atoms with Crippen molar-refractivity contribution in [3.63, 3.8) is 0 Å². The summed E-state index contributed by atoms with van der Waals surface area (Å²) in [6, 6.07) is 8.19. The monoisotopic (exact) mass is 806 g/mol. The van der Waals surface area contributed by atoms with E-state index in [1.54, 1.807) is 50.2 Å². The minimum atomic E-state index is -1.68. The van der Waals surface area contributed by atoms with Gasteiger partial charge in [-0.1, -0.05) is 76.8 Å². The van der Waals surface area contributed by atoms with Crippen molar-refractivity contribution < 1.29 is 43.5 Å². The number of aliphatic carboxylic acids is 1. The maximum atomic E-state index is 13.8. The molecule has 2 aromatic rings. The molecule has 1 saturated heterocycles. The van der Waals surface area contributed by atoms with E-state index < -0.39 is 78.0 Å². The summed E-state index contributed by atoms with van der Waals surface area (Å²) in [6.45, 7) is 7.31. The summed E-state index contributed by atoms with van der Waals surface area (Å²) in [4.78, 5) is 105. The Kier molecular flexibility index (Phi) is 18.6. The molecule has 0 radical (unpaired) electrons. The second-order valence-electron chi connectivity index (χ2n) is 14.6. The standard InChI is InChI=1S/C41H58N8O9/c1-5-7-8-9-16-33(50)43-24-31(45-34(51)22-27-17-19-28(20-18-27)44-41(58)47-29-14-11-10-13-26(29)4)39(56)46-30(23-35(52)53)38(55)48-36(25(3)6-2)40(57)49-21-12-15-32(49)37(42)54/h10-11,13-14,17-20,25,30-32,36H,5-9,12,15-16,21-24H2,1-4H3,(H2,42,54)(H,43,50)(H,45,51)(H,46,56)(H,48,55)(H,52,53)(H2,44,47,58)/t25?,30-,31-,32-,36-/m0/s1. The quantitative estimate of drug-likeness (QED) is 0.0813. The highest BCUT2D eigenvalue weighted by atomic mass is 16.4. The van der Waals surface area contributed by atoms with Crippen LogP contribution in [-0.2, 0) is 40.0 Å². The molecule has 0 saturated carbocycles. The number of hydrogen-bond donors (Lipinski definition) is 8. The number of carboxylic acids is 1. The molecule has 2 aromatic carbocycles. The lowest BCUT2D eigenvalue weighted by molar-refractivity contribution is -0.144. The van der Waals surface area contributed by atoms with Crippen LogP contribution in [0, 0.1) is 12.8 Å². The van der Waals surface area contributed by atoms with E-state index in [9.17, 15) is 43.5 Å². The van der Waals surface area contributed by atoms with Crippen molar-refractivity contribution in [1.29, 1.82) is 0 Å². The molecule has 0 spiro atoms. The first-order chi connectivity index (χ1) is 27.6. The number of anilines is 2. The lowest BCUT2D eigenvalue weighted by Crippen LogP contribution is -2.60. The van der Waals surface area contributed by atoms with Gasteiger partial charge in [-0.05, 0) is 61.4 Å². The lowest BCUT2D eigenvalue weighted by atomic mass is 9.96. The van der Waals surface area contributed by atoms with E-state index in [1.165, 1.54) is 4.90 Å². The van der Waals surface area contributed by atoms with Crippen LogP contribution in [0.25, 0.3) is 0 Å². The minimum absolute atomic E-state index is 0.189. The number of urea groups is 1. The Bertz CT molecular complexity index is 1770. The van der Waals surface area contributed by atoms with Gasteiger partial charge in [0, 0.05) is 30.9 Å². The topological polar surface area (TPSA) is 258 Å². The molecule has 1 heterocycles. The van der Waals surface area contributed by atoms with E-state index in [2.05, 4.69) is 31.9 Å². The molecule has 9 N–H and O–H groups in total. The maximum absolute atomic E-state index is 13.8. The Balaban J connectivity index is 1.74. The number of para-hydroxylation sites is 1. The first-order valence-corrected chi connectivity index (χ1v) is 19.8. The number of hydrogen-bond acceptors (Lipinski definition) is 8. The molecule has 0 aliphatic carbocycles. The van der Waals surface area contributed by atoms with Crippen LogP contribution in [0.3, 0.4) is 0 Å². The normalized spacial score (nSPS) is 15.5. The van der Waals surface area contributed by atoms with Gasteiger partial charge in [-0.25, -0.2) is 4.79 Å². The fraction of sp³-hybridized carbons (Fsp3) is 0.512. The Morgan fingerprint density at radius 2 is 1.53 bits per heavy atom. The molecule has 0 bridgehead atoms. The van der Waals surface area contributed by atoms with Gasteiger partial charge in [-0.15, -0.1) is 0 Å². The average Bonchev–Trinajstić information content (AvgIpc) is 3.68. The summed E-state index contributed by atoms with van der Waals surface area (Å²) in [6.07, 6.45) is 3.86. The van der Waals surface area contributed by atoms with E-state index in [-0.39, 0.29) is 31.8 Å². The minimum Gasteiger partial charge on any atom is -0.481 e. The van der Waals surface area contributed by atoms with Crippen molar-refractivity contribution in [3.8, 4) is 0 Å². The van der Waals surface area contributed by atoms with Crippen molar-refractivity contribution in [1.82, 2.24) is 26.2 Å². The first kappa shape index (κ1) is 46.4. The van der Waals surface area contributed by atoms with Gasteiger partial charge in [0.2, 0.25) is 35.4 Å². The molecule has 1 unspecified atom stereocenters. The number of rotatable bonds is 22. The summed E-state index contributed by atoms with van der Waals surface area (Å²) in [5, 5.41) is 25.4. The van der Waals surface area contributed by atoms with E-state index in [0.717, 1.165) is 24.8 Å².